The second kappa shape index (κ2) is 17.7. The van der Waals surface area contributed by atoms with Crippen LogP contribution in [0, 0.1) is 5.82 Å². The number of sulfonamides is 1. The van der Waals surface area contributed by atoms with Crippen LogP contribution in [0.1, 0.15) is 48.0 Å². The molecule has 0 saturated carbocycles. The molecule has 0 aromatic heterocycles. The largest absolute Gasteiger partial charge is 0.416 e. The van der Waals surface area contributed by atoms with Gasteiger partial charge in [-0.3, -0.25) is 18.7 Å². The van der Waals surface area contributed by atoms with Crippen LogP contribution in [0.2, 0.25) is 0 Å². The first-order chi connectivity index (χ1) is 24.6. The molecule has 0 aliphatic carbocycles. The topological polar surface area (TPSA) is 154 Å². The minimum Gasteiger partial charge on any atom is -0.360 e. The lowest BCUT2D eigenvalue weighted by atomic mass is 10.0. The number of benzene rings is 3. The molecule has 0 saturated heterocycles. The van der Waals surface area contributed by atoms with Crippen molar-refractivity contribution < 1.29 is 40.4 Å². The Morgan fingerprint density at radius 1 is 0.981 bits per heavy atom. The van der Waals surface area contributed by atoms with Gasteiger partial charge in [0.2, 0.25) is 26.8 Å². The van der Waals surface area contributed by atoms with Gasteiger partial charge < -0.3 is 16.0 Å². The van der Waals surface area contributed by atoms with Crippen molar-refractivity contribution in [2.75, 3.05) is 34.8 Å². The summed E-state index contributed by atoms with van der Waals surface area (Å²) in [6.07, 6.45) is -2.63. The summed E-state index contributed by atoms with van der Waals surface area (Å²) in [6, 6.07) is 18.6. The minimum atomic E-state index is -5.06. The van der Waals surface area contributed by atoms with Gasteiger partial charge in [-0.15, -0.1) is 0 Å². The molecular weight excluding hydrogens is 730 g/mol. The van der Waals surface area contributed by atoms with E-state index in [9.17, 15) is 31.2 Å². The third-order valence-electron chi connectivity index (χ3n) is 7.85. The predicted octanol–water partition coefficient (Wildman–Crippen LogP) is 5.98. The van der Waals surface area contributed by atoms with Crippen LogP contribution in [0.4, 0.5) is 34.6 Å². The maximum Gasteiger partial charge on any atom is 0.416 e. The molecule has 1 aliphatic heterocycles. The molecule has 52 heavy (non-hydrogen) atoms. The summed E-state index contributed by atoms with van der Waals surface area (Å²) < 4.78 is 82.8. The van der Waals surface area contributed by atoms with E-state index >= 15 is 4.39 Å². The van der Waals surface area contributed by atoms with Crippen LogP contribution in [0.5, 0.6) is 0 Å². The Morgan fingerprint density at radius 3 is 2.37 bits per heavy atom. The van der Waals surface area contributed by atoms with Crippen molar-refractivity contribution in [2.45, 2.75) is 55.9 Å². The normalized spacial score (nSPS) is 17.2. The third kappa shape index (κ3) is 10.9. The average Bonchev–Trinajstić information content (AvgIpc) is 3.09. The number of carbonyl (C=O) groups is 2. The Kier molecular flexibility index (Phi) is 13.6. The summed E-state index contributed by atoms with van der Waals surface area (Å²) in [5.74, 6) is -2.09. The molecule has 2 unspecified atom stereocenters. The molecule has 0 bridgehead atoms. The van der Waals surface area contributed by atoms with Gasteiger partial charge in [-0.1, -0.05) is 66.9 Å². The number of halogens is 5. The van der Waals surface area contributed by atoms with Crippen LogP contribution >= 0.6 is 11.6 Å². The fourth-order valence-corrected chi connectivity index (χ4v) is 5.54. The summed E-state index contributed by atoms with van der Waals surface area (Å²) in [5.41, 5.74) is 3.13. The average molecular weight is 768 g/mol. The number of alkyl halides is 4. The van der Waals surface area contributed by atoms with E-state index in [2.05, 4.69) is 31.4 Å². The number of amides is 2. The number of hydrogen-bond donors (Lipinski definition) is 4. The van der Waals surface area contributed by atoms with Crippen molar-refractivity contribution in [3.63, 3.8) is 0 Å². The first-order valence-electron chi connectivity index (χ1n) is 16.1. The maximum atomic E-state index is 15.1. The van der Waals surface area contributed by atoms with Gasteiger partial charge in [0.15, 0.2) is 6.17 Å². The van der Waals surface area contributed by atoms with Crippen LogP contribution in [0.15, 0.2) is 82.8 Å². The highest BCUT2D eigenvalue weighted by Gasteiger charge is 2.59. The second-order valence-corrected chi connectivity index (χ2v) is 14.4. The van der Waals surface area contributed by atoms with Gasteiger partial charge in [-0.05, 0) is 48.7 Å². The lowest BCUT2D eigenvalue weighted by Crippen LogP contribution is -2.56. The molecule has 0 radical (unpaired) electrons. The number of carbonyl (C=O) groups excluding carboxylic acids is 2. The zero-order chi connectivity index (χ0) is 37.9. The predicted molar refractivity (Wildman–Crippen MR) is 192 cm³/mol. The lowest BCUT2D eigenvalue weighted by molar-refractivity contribution is -0.146. The summed E-state index contributed by atoms with van der Waals surface area (Å²) in [7, 11) is -2.56. The molecule has 3 aromatic carbocycles. The van der Waals surface area contributed by atoms with Gasteiger partial charge in [0.25, 0.3) is 5.91 Å². The second-order valence-electron chi connectivity index (χ2n) is 11.8. The van der Waals surface area contributed by atoms with E-state index < -0.39 is 44.9 Å². The Labute approximate surface area is 303 Å². The molecular formula is C34H38ClF4N7O5S. The van der Waals surface area contributed by atoms with Crippen LogP contribution in [0.3, 0.4) is 0 Å². The highest BCUT2D eigenvalue weighted by molar-refractivity contribution is 7.92. The number of unbranched alkanes of at least 4 members (excludes halogenated alkanes) is 3. The Morgan fingerprint density at radius 2 is 1.67 bits per heavy atom. The van der Waals surface area contributed by atoms with Gasteiger partial charge >= 0.3 is 6.18 Å². The molecule has 280 valence electrons. The molecule has 2 amide bonds. The van der Waals surface area contributed by atoms with E-state index in [1.54, 1.807) is 0 Å². The van der Waals surface area contributed by atoms with Crippen molar-refractivity contribution in [1.82, 2.24) is 10.8 Å². The number of aliphatic imine (C=N–C) groups is 2. The lowest BCUT2D eigenvalue weighted by Gasteiger charge is -2.35. The number of anilines is 3. The summed E-state index contributed by atoms with van der Waals surface area (Å²) >= 11 is 6.03. The Balaban J connectivity index is 1.28. The van der Waals surface area contributed by atoms with Crippen molar-refractivity contribution >= 4 is 62.7 Å². The molecule has 0 spiro atoms. The van der Waals surface area contributed by atoms with Gasteiger partial charge in [-0.2, -0.15) is 13.2 Å². The molecule has 1 aliphatic rings. The molecule has 1 heterocycles. The maximum absolute atomic E-state index is 15.1. The molecule has 3 aromatic rings. The van der Waals surface area contributed by atoms with Gasteiger partial charge in [0, 0.05) is 31.8 Å². The first kappa shape index (κ1) is 40.0. The number of nitrogens with zero attached hydrogens (tertiary/aromatic N) is 3. The van der Waals surface area contributed by atoms with E-state index in [4.69, 9.17) is 16.4 Å². The third-order valence-corrected chi connectivity index (χ3v) is 9.56. The number of rotatable bonds is 16. The number of hydroxylamine groups is 1. The van der Waals surface area contributed by atoms with E-state index in [1.165, 1.54) is 43.4 Å². The Hall–Kier alpha value is -4.74. The molecule has 12 nitrogen and oxygen atoms in total. The summed E-state index contributed by atoms with van der Waals surface area (Å²) in [5, 5.41) is 7.78. The van der Waals surface area contributed by atoms with Crippen molar-refractivity contribution in [3.8, 4) is 0 Å². The van der Waals surface area contributed by atoms with Crippen molar-refractivity contribution in [2.24, 2.45) is 9.98 Å². The van der Waals surface area contributed by atoms with Gasteiger partial charge in [-0.25, -0.2) is 28.3 Å². The fraction of sp³-hybridized carbons (Fsp3) is 0.353. The molecule has 4 N–H and O–H groups in total. The molecule has 18 heteroatoms. The zero-order valence-electron chi connectivity index (χ0n) is 28.2. The number of para-hydroxylation sites is 2. The number of guanidine groups is 1. The summed E-state index contributed by atoms with van der Waals surface area (Å²) in [4.78, 5) is 34.2. The van der Waals surface area contributed by atoms with E-state index in [-0.39, 0.29) is 35.1 Å². The Bertz CT molecular complexity index is 1880. The molecule has 2 atom stereocenters. The van der Waals surface area contributed by atoms with Crippen LogP contribution < -0.4 is 25.7 Å². The number of nitrogens with one attached hydrogen (secondary N) is 4. The van der Waals surface area contributed by atoms with Crippen LogP contribution in [-0.2, 0) is 26.3 Å². The summed E-state index contributed by atoms with van der Waals surface area (Å²) in [6.45, 7) is 0.582. The van der Waals surface area contributed by atoms with Gasteiger partial charge in [0.05, 0.1) is 29.9 Å². The van der Waals surface area contributed by atoms with Crippen LogP contribution in [0.25, 0.3) is 0 Å². The van der Waals surface area contributed by atoms with Crippen molar-refractivity contribution in [3.05, 3.63) is 89.7 Å². The molecule has 4 rings (SSSR count). The van der Waals surface area contributed by atoms with E-state index in [0.717, 1.165) is 35.0 Å². The first-order valence-corrected chi connectivity index (χ1v) is 18.3. The van der Waals surface area contributed by atoms with E-state index in [0.29, 0.717) is 32.0 Å². The smallest absolute Gasteiger partial charge is 0.360 e. The number of hydrogen-bond acceptors (Lipinski definition) is 9. The van der Waals surface area contributed by atoms with E-state index in [1.807, 2.05) is 30.3 Å². The van der Waals surface area contributed by atoms with Crippen LogP contribution in [-0.4, -0.2) is 69.5 Å². The SMILES string of the molecule is CN(c1ccccc1NC1N=C(Nc2ccc(C(=O)NCCCCCCC(=O)NOCc3ccccc3)cc2F)N=CC1(Cl)C(F)(F)F)S(C)(=O)=O. The van der Waals surface area contributed by atoms with Crippen molar-refractivity contribution in [1.29, 1.82) is 0 Å². The molecule has 0 fully saturated rings. The fourth-order valence-electron chi connectivity index (χ4n) is 4.87. The highest BCUT2D eigenvalue weighted by atomic mass is 35.5. The zero-order valence-corrected chi connectivity index (χ0v) is 29.8. The van der Waals surface area contributed by atoms with Gasteiger partial charge in [0.1, 0.15) is 5.82 Å². The minimum absolute atomic E-state index is 0.00676. The standard InChI is InChI=1S/C34H38ClF4N7O5S/c1-46(52(2,49)50)28-15-10-9-14-27(28)42-31-33(35,34(37,38)39)22-41-32(44-31)43-26-18-17-24(20-25(26)36)30(48)40-19-11-4-3-8-16-29(47)45-51-21-23-12-6-5-7-13-23/h5-7,9-10,12-15,17-18,20,22,31,42H,3-4,8,11,16,19,21H2,1-2H3,(H,40,48)(H,43,44)(H,45,47). The quantitative estimate of drug-likeness (QED) is 0.0606. The highest BCUT2D eigenvalue weighted by Crippen LogP contribution is 2.42. The monoisotopic (exact) mass is 767 g/mol.